The van der Waals surface area contributed by atoms with E-state index in [1.807, 2.05) is 6.07 Å². The van der Waals surface area contributed by atoms with E-state index in [1.54, 1.807) is 6.08 Å². The van der Waals surface area contributed by atoms with E-state index < -0.39 is 18.4 Å². The van der Waals surface area contributed by atoms with Gasteiger partial charge >= 0.3 is 90.8 Å². The van der Waals surface area contributed by atoms with Crippen molar-refractivity contribution < 1.29 is 4.74 Å². The van der Waals surface area contributed by atoms with Gasteiger partial charge in [-0.2, -0.15) is 0 Å². The fourth-order valence-corrected chi connectivity index (χ4v) is 5.62. The number of para-hydroxylation sites is 1. The maximum absolute atomic E-state index is 5.65. The molecular weight excluding hydrogens is 279 g/mol. The molecule has 1 aromatic rings. The molecule has 0 bridgehead atoms. The average molecular weight is 297 g/mol. The molecule has 76 valence electrons. The van der Waals surface area contributed by atoms with Gasteiger partial charge in [0.2, 0.25) is 0 Å². The Labute approximate surface area is 90.7 Å². The molecule has 0 heterocycles. The molecular formula is C12H18OSn. The number of ether oxygens (including phenoxy) is 1. The van der Waals surface area contributed by atoms with Crippen molar-refractivity contribution in [1.29, 1.82) is 0 Å². The Morgan fingerprint density at radius 3 is 2.50 bits per heavy atom. The normalized spacial score (nSPS) is 11.1. The predicted octanol–water partition coefficient (Wildman–Crippen LogP) is 2.80. The van der Waals surface area contributed by atoms with Crippen LogP contribution in [0.25, 0.3) is 0 Å². The summed E-state index contributed by atoms with van der Waals surface area (Å²) in [5.41, 5.74) is 0. The zero-order valence-corrected chi connectivity index (χ0v) is 12.1. The molecule has 0 saturated carbocycles. The van der Waals surface area contributed by atoms with E-state index in [0.29, 0.717) is 6.61 Å². The molecule has 0 atom stereocenters. The summed E-state index contributed by atoms with van der Waals surface area (Å²) in [6.07, 6.45) is 1.79. The van der Waals surface area contributed by atoms with Crippen LogP contribution in [0, 0.1) is 0 Å². The van der Waals surface area contributed by atoms with Crippen molar-refractivity contribution in [3.05, 3.63) is 36.9 Å². The Morgan fingerprint density at radius 1 is 1.29 bits per heavy atom. The zero-order valence-electron chi connectivity index (χ0n) is 9.21. The van der Waals surface area contributed by atoms with Crippen LogP contribution in [0.3, 0.4) is 0 Å². The Kier molecular flexibility index (Phi) is 4.05. The number of hydrogen-bond donors (Lipinski definition) is 0. The summed E-state index contributed by atoms with van der Waals surface area (Å²) in [4.78, 5) is 7.18. The van der Waals surface area contributed by atoms with Crippen molar-refractivity contribution in [2.24, 2.45) is 0 Å². The summed E-state index contributed by atoms with van der Waals surface area (Å²) in [5.74, 6) is 1.05. The second-order valence-electron chi connectivity index (χ2n) is 4.35. The van der Waals surface area contributed by atoms with Gasteiger partial charge in [0, 0.05) is 0 Å². The van der Waals surface area contributed by atoms with Gasteiger partial charge in [-0.3, -0.25) is 0 Å². The molecule has 1 aromatic carbocycles. The molecule has 0 aliphatic carbocycles. The summed E-state index contributed by atoms with van der Waals surface area (Å²) >= 11 is -2.01. The van der Waals surface area contributed by atoms with Gasteiger partial charge < -0.3 is 0 Å². The Balaban J connectivity index is 2.97. The quantitative estimate of drug-likeness (QED) is 0.613. The van der Waals surface area contributed by atoms with Crippen molar-refractivity contribution in [3.8, 4) is 5.75 Å². The zero-order chi connectivity index (χ0) is 10.6. The molecule has 0 fully saturated rings. The van der Waals surface area contributed by atoms with E-state index in [9.17, 15) is 0 Å². The Hall–Kier alpha value is -0.441. The monoisotopic (exact) mass is 298 g/mol. The van der Waals surface area contributed by atoms with Crippen molar-refractivity contribution in [2.75, 3.05) is 6.61 Å². The molecule has 1 rings (SSSR count). The van der Waals surface area contributed by atoms with Gasteiger partial charge in [-0.25, -0.2) is 0 Å². The second kappa shape index (κ2) is 4.87. The summed E-state index contributed by atoms with van der Waals surface area (Å²) in [7, 11) is 0. The van der Waals surface area contributed by atoms with Crippen LogP contribution >= 0.6 is 0 Å². The van der Waals surface area contributed by atoms with Crippen molar-refractivity contribution in [2.45, 2.75) is 14.8 Å². The topological polar surface area (TPSA) is 9.23 Å². The average Bonchev–Trinajstić information content (AvgIpc) is 2.14. The van der Waals surface area contributed by atoms with E-state index in [4.69, 9.17) is 4.74 Å². The number of benzene rings is 1. The second-order valence-corrected chi connectivity index (χ2v) is 18.7. The van der Waals surface area contributed by atoms with Gasteiger partial charge in [-0.05, 0) is 0 Å². The molecule has 0 aliphatic heterocycles. The molecule has 0 N–H and O–H groups in total. The summed E-state index contributed by atoms with van der Waals surface area (Å²) < 4.78 is 7.10. The van der Waals surface area contributed by atoms with Crippen LogP contribution in [-0.2, 0) is 0 Å². The fourth-order valence-electron chi connectivity index (χ4n) is 1.36. The molecule has 14 heavy (non-hydrogen) atoms. The van der Waals surface area contributed by atoms with Gasteiger partial charge in [0.25, 0.3) is 0 Å². The summed E-state index contributed by atoms with van der Waals surface area (Å²) in [5, 5.41) is 0. The molecule has 0 amide bonds. The van der Waals surface area contributed by atoms with E-state index in [1.165, 1.54) is 3.58 Å². The van der Waals surface area contributed by atoms with E-state index in [0.717, 1.165) is 5.75 Å². The van der Waals surface area contributed by atoms with E-state index >= 15 is 0 Å². The summed E-state index contributed by atoms with van der Waals surface area (Å²) in [6.45, 7) is 4.26. The van der Waals surface area contributed by atoms with E-state index in [-0.39, 0.29) is 0 Å². The molecule has 0 aliphatic rings. The third kappa shape index (κ3) is 3.05. The molecule has 0 saturated heterocycles. The van der Waals surface area contributed by atoms with Gasteiger partial charge in [0.1, 0.15) is 0 Å². The van der Waals surface area contributed by atoms with Crippen molar-refractivity contribution in [1.82, 2.24) is 0 Å². The van der Waals surface area contributed by atoms with E-state index in [2.05, 4.69) is 39.6 Å². The Bertz CT molecular complexity index is 312. The minimum absolute atomic E-state index is 0.596. The molecule has 1 nitrogen and oxygen atoms in total. The summed E-state index contributed by atoms with van der Waals surface area (Å²) in [6, 6.07) is 8.38. The standard InChI is InChI=1S/C9H9O.3CH3.Sn/c1-2-8-10-9-6-4-3-5-7-9;;;;/h2-6H,1,8H2;3*1H3;. The van der Waals surface area contributed by atoms with Crippen LogP contribution in [-0.4, -0.2) is 25.0 Å². The van der Waals surface area contributed by atoms with Crippen LogP contribution in [0.15, 0.2) is 36.9 Å². The van der Waals surface area contributed by atoms with Crippen LogP contribution in [0.5, 0.6) is 5.75 Å². The van der Waals surface area contributed by atoms with Crippen LogP contribution in [0.4, 0.5) is 0 Å². The van der Waals surface area contributed by atoms with Gasteiger partial charge in [-0.15, -0.1) is 0 Å². The Morgan fingerprint density at radius 2 is 1.93 bits per heavy atom. The molecule has 0 radical (unpaired) electrons. The first-order chi connectivity index (χ1) is 6.55. The third-order valence-corrected chi connectivity index (χ3v) is 7.84. The third-order valence-electron chi connectivity index (χ3n) is 2.05. The number of hydrogen-bond acceptors (Lipinski definition) is 1. The van der Waals surface area contributed by atoms with Crippen LogP contribution < -0.4 is 8.32 Å². The maximum atomic E-state index is 5.65. The van der Waals surface area contributed by atoms with Crippen LogP contribution in [0.2, 0.25) is 14.8 Å². The van der Waals surface area contributed by atoms with Gasteiger partial charge in [0.15, 0.2) is 0 Å². The van der Waals surface area contributed by atoms with Gasteiger partial charge in [0.05, 0.1) is 0 Å². The van der Waals surface area contributed by atoms with Crippen molar-refractivity contribution in [3.63, 3.8) is 0 Å². The number of rotatable bonds is 4. The van der Waals surface area contributed by atoms with Crippen LogP contribution in [0.1, 0.15) is 0 Å². The molecule has 0 aromatic heterocycles. The SMILES string of the molecule is C=CCOc1cccc[c]1[Sn]([CH3])([CH3])[CH3]. The predicted molar refractivity (Wildman–Crippen MR) is 65.1 cm³/mol. The first-order valence-electron chi connectivity index (χ1n) is 4.89. The van der Waals surface area contributed by atoms with Gasteiger partial charge in [-0.1, -0.05) is 0 Å². The first-order valence-corrected chi connectivity index (χ1v) is 14.9. The first kappa shape index (κ1) is 11.6. The fraction of sp³-hybridized carbons (Fsp3) is 0.333. The molecule has 0 unspecified atom stereocenters. The molecule has 0 spiro atoms. The molecule has 2 heteroatoms. The minimum atomic E-state index is -2.01. The van der Waals surface area contributed by atoms with Crippen molar-refractivity contribution >= 4 is 22.0 Å².